The van der Waals surface area contributed by atoms with Gasteiger partial charge in [-0.3, -0.25) is 14.7 Å². The SMILES string of the molecule is COC(=O)C[C@@H](c1ccc(OC)cc1)c1c(Cc2ccc3c(c2)CCC(C)(C)O3)[nH][nH]c1=O. The molecule has 7 nitrogen and oxygen atoms in total. The Morgan fingerprint density at radius 2 is 1.88 bits per heavy atom. The van der Waals surface area contributed by atoms with Crippen LogP contribution in [0.4, 0.5) is 0 Å². The Kier molecular flexibility index (Phi) is 6.31. The second-order valence-electron chi connectivity index (χ2n) is 9.06. The van der Waals surface area contributed by atoms with Gasteiger partial charge in [-0.1, -0.05) is 24.3 Å². The molecule has 7 heteroatoms. The van der Waals surface area contributed by atoms with E-state index in [2.05, 4.69) is 30.1 Å². The number of fused-ring (bicyclic) bond motifs is 1. The molecule has 2 N–H and O–H groups in total. The maximum Gasteiger partial charge on any atom is 0.306 e. The molecule has 174 valence electrons. The zero-order valence-electron chi connectivity index (χ0n) is 19.5. The lowest BCUT2D eigenvalue weighted by Gasteiger charge is -2.32. The number of aromatic nitrogens is 2. The van der Waals surface area contributed by atoms with Crippen LogP contribution in [0.2, 0.25) is 0 Å². The van der Waals surface area contributed by atoms with E-state index in [1.54, 1.807) is 7.11 Å². The summed E-state index contributed by atoms with van der Waals surface area (Å²) in [7, 11) is 2.95. The van der Waals surface area contributed by atoms with Crippen LogP contribution in [-0.2, 0) is 22.4 Å². The topological polar surface area (TPSA) is 93.4 Å². The first-order valence-corrected chi connectivity index (χ1v) is 11.1. The van der Waals surface area contributed by atoms with Crippen molar-refractivity contribution >= 4 is 5.97 Å². The first kappa shape index (κ1) is 22.7. The fraction of sp³-hybridized carbons (Fsp3) is 0.385. The lowest BCUT2D eigenvalue weighted by atomic mass is 9.87. The molecule has 1 aliphatic heterocycles. The van der Waals surface area contributed by atoms with Crippen molar-refractivity contribution in [1.29, 1.82) is 0 Å². The van der Waals surface area contributed by atoms with Crippen molar-refractivity contribution in [2.45, 2.75) is 51.0 Å². The predicted octanol–water partition coefficient (Wildman–Crippen LogP) is 4.10. The smallest absolute Gasteiger partial charge is 0.306 e. The molecular formula is C26H30N2O5. The van der Waals surface area contributed by atoms with E-state index in [4.69, 9.17) is 14.2 Å². The minimum absolute atomic E-state index is 0.0594. The van der Waals surface area contributed by atoms with E-state index in [-0.39, 0.29) is 23.6 Å². The standard InChI is InChI=1S/C26H30N2O5/c1-26(2)12-11-18-13-16(5-10-22(18)33-26)14-21-24(25(30)28-27-21)20(15-23(29)32-4)17-6-8-19(31-3)9-7-17/h5-10,13,20H,11-12,14-15H2,1-4H3,(H2,27,28,30)/t20-/m0/s1. The molecular weight excluding hydrogens is 420 g/mol. The minimum atomic E-state index is -0.449. The molecule has 0 radical (unpaired) electrons. The molecule has 0 saturated heterocycles. The van der Waals surface area contributed by atoms with Gasteiger partial charge in [0.2, 0.25) is 0 Å². The number of aryl methyl sites for hydroxylation is 1. The summed E-state index contributed by atoms with van der Waals surface area (Å²) in [5.41, 5.74) is 3.98. The zero-order chi connectivity index (χ0) is 23.6. The van der Waals surface area contributed by atoms with Gasteiger partial charge in [0, 0.05) is 23.6 Å². The Morgan fingerprint density at radius 1 is 1.12 bits per heavy atom. The Labute approximate surface area is 193 Å². The molecule has 33 heavy (non-hydrogen) atoms. The van der Waals surface area contributed by atoms with E-state index in [9.17, 15) is 9.59 Å². The first-order valence-electron chi connectivity index (χ1n) is 11.1. The normalized spacial score (nSPS) is 15.3. The maximum atomic E-state index is 12.9. The third-order valence-corrected chi connectivity index (χ3v) is 6.25. The quantitative estimate of drug-likeness (QED) is 0.529. The number of benzene rings is 2. The fourth-order valence-corrected chi connectivity index (χ4v) is 4.41. The number of ether oxygens (including phenoxy) is 3. The molecule has 1 aromatic heterocycles. The van der Waals surface area contributed by atoms with Gasteiger partial charge < -0.3 is 19.3 Å². The highest BCUT2D eigenvalue weighted by Gasteiger charge is 2.28. The lowest BCUT2D eigenvalue weighted by Crippen LogP contribution is -2.32. The van der Waals surface area contributed by atoms with Crippen molar-refractivity contribution in [3.8, 4) is 11.5 Å². The summed E-state index contributed by atoms with van der Waals surface area (Å²) in [5, 5.41) is 5.75. The molecule has 2 heterocycles. The van der Waals surface area contributed by atoms with Gasteiger partial charge in [0.25, 0.3) is 5.56 Å². The van der Waals surface area contributed by atoms with Crippen molar-refractivity contribution in [1.82, 2.24) is 10.2 Å². The third-order valence-electron chi connectivity index (χ3n) is 6.25. The van der Waals surface area contributed by atoms with Crippen LogP contribution in [0.5, 0.6) is 11.5 Å². The van der Waals surface area contributed by atoms with Crippen LogP contribution in [-0.4, -0.2) is 36.0 Å². The average molecular weight is 451 g/mol. The zero-order valence-corrected chi connectivity index (χ0v) is 19.5. The van der Waals surface area contributed by atoms with Gasteiger partial charge in [0.15, 0.2) is 0 Å². The molecule has 0 spiro atoms. The average Bonchev–Trinajstić information content (AvgIpc) is 3.16. The monoisotopic (exact) mass is 450 g/mol. The summed E-state index contributed by atoms with van der Waals surface area (Å²) >= 11 is 0. The van der Waals surface area contributed by atoms with Crippen LogP contribution < -0.4 is 15.0 Å². The van der Waals surface area contributed by atoms with E-state index < -0.39 is 5.92 Å². The van der Waals surface area contributed by atoms with Crippen molar-refractivity contribution < 1.29 is 19.0 Å². The molecule has 0 amide bonds. The third kappa shape index (κ3) is 4.97. The number of rotatable bonds is 7. The Hall–Kier alpha value is -3.48. The number of hydrogen-bond acceptors (Lipinski definition) is 5. The summed E-state index contributed by atoms with van der Waals surface area (Å²) < 4.78 is 16.3. The van der Waals surface area contributed by atoms with E-state index in [1.807, 2.05) is 36.4 Å². The van der Waals surface area contributed by atoms with E-state index in [1.165, 1.54) is 12.7 Å². The van der Waals surface area contributed by atoms with Crippen molar-refractivity contribution in [2.75, 3.05) is 14.2 Å². The molecule has 0 fully saturated rings. The van der Waals surface area contributed by atoms with Gasteiger partial charge in [0.05, 0.1) is 20.6 Å². The van der Waals surface area contributed by atoms with Crippen LogP contribution in [0.25, 0.3) is 0 Å². The summed E-state index contributed by atoms with van der Waals surface area (Å²) in [6.07, 6.45) is 2.49. The van der Waals surface area contributed by atoms with Crippen LogP contribution in [0.1, 0.15) is 60.6 Å². The van der Waals surface area contributed by atoms with Gasteiger partial charge in [-0.15, -0.1) is 0 Å². The van der Waals surface area contributed by atoms with E-state index >= 15 is 0 Å². The summed E-state index contributed by atoms with van der Waals surface area (Å²) in [4.78, 5) is 25.1. The van der Waals surface area contributed by atoms with Gasteiger partial charge in [-0.2, -0.15) is 0 Å². The highest BCUT2D eigenvalue weighted by atomic mass is 16.5. The Morgan fingerprint density at radius 3 is 2.58 bits per heavy atom. The molecule has 0 bridgehead atoms. The molecule has 0 aliphatic carbocycles. The Balaban J connectivity index is 1.67. The van der Waals surface area contributed by atoms with Crippen molar-refractivity contribution in [3.05, 3.63) is 80.8 Å². The molecule has 4 rings (SSSR count). The van der Waals surface area contributed by atoms with Crippen LogP contribution >= 0.6 is 0 Å². The minimum Gasteiger partial charge on any atom is -0.497 e. The second-order valence-corrected chi connectivity index (χ2v) is 9.06. The van der Waals surface area contributed by atoms with Crippen LogP contribution in [0.3, 0.4) is 0 Å². The van der Waals surface area contributed by atoms with E-state index in [0.29, 0.717) is 17.7 Å². The number of carbonyl (C=O) groups is 1. The highest BCUT2D eigenvalue weighted by molar-refractivity contribution is 5.71. The van der Waals surface area contributed by atoms with Gasteiger partial charge in [-0.05, 0) is 61.6 Å². The second kappa shape index (κ2) is 9.17. The summed E-state index contributed by atoms with van der Waals surface area (Å²) in [5.74, 6) is 0.795. The largest absolute Gasteiger partial charge is 0.497 e. The fourth-order valence-electron chi connectivity index (χ4n) is 4.41. The van der Waals surface area contributed by atoms with Gasteiger partial charge >= 0.3 is 5.97 Å². The predicted molar refractivity (Wildman–Crippen MR) is 125 cm³/mol. The van der Waals surface area contributed by atoms with Gasteiger partial charge in [0.1, 0.15) is 17.1 Å². The highest BCUT2D eigenvalue weighted by Crippen LogP contribution is 2.35. The number of carbonyl (C=O) groups excluding carboxylic acids is 1. The first-order chi connectivity index (χ1) is 15.8. The Bertz CT molecular complexity index is 1190. The van der Waals surface area contributed by atoms with Crippen LogP contribution in [0, 0.1) is 0 Å². The maximum absolute atomic E-state index is 12.9. The molecule has 2 aromatic carbocycles. The van der Waals surface area contributed by atoms with Crippen LogP contribution in [0.15, 0.2) is 47.3 Å². The number of nitrogens with one attached hydrogen (secondary N) is 2. The van der Waals surface area contributed by atoms with E-state index in [0.717, 1.165) is 35.4 Å². The number of aromatic amines is 2. The lowest BCUT2D eigenvalue weighted by molar-refractivity contribution is -0.140. The molecule has 0 saturated carbocycles. The number of esters is 1. The number of methoxy groups -OCH3 is 2. The number of H-pyrrole nitrogens is 2. The molecule has 0 unspecified atom stereocenters. The van der Waals surface area contributed by atoms with Gasteiger partial charge in [-0.25, -0.2) is 0 Å². The number of hydrogen-bond donors (Lipinski definition) is 2. The molecule has 1 atom stereocenters. The molecule has 1 aliphatic rings. The molecule has 3 aromatic rings. The summed E-state index contributed by atoms with van der Waals surface area (Å²) in [6.45, 7) is 4.20. The van der Waals surface area contributed by atoms with Crippen molar-refractivity contribution in [3.63, 3.8) is 0 Å². The summed E-state index contributed by atoms with van der Waals surface area (Å²) in [6, 6.07) is 13.6. The van der Waals surface area contributed by atoms with Crippen molar-refractivity contribution in [2.24, 2.45) is 0 Å².